The van der Waals surface area contributed by atoms with Gasteiger partial charge in [-0.15, -0.1) is 0 Å². The standard InChI is InChI=1S/C10H8N4OS/c11-10-13-9(16-14-10)6-4-12-8-5(6)2-1-3-7(8)15/h1-4,12,15H,(H2,11,14). The second-order valence-corrected chi connectivity index (χ2v) is 4.11. The fraction of sp³-hybridized carbons (Fsp3) is 0. The van der Waals surface area contributed by atoms with Crippen LogP contribution in [-0.2, 0) is 0 Å². The Morgan fingerprint density at radius 1 is 1.38 bits per heavy atom. The molecular weight excluding hydrogens is 224 g/mol. The predicted molar refractivity (Wildman–Crippen MR) is 63.3 cm³/mol. The molecule has 1 aromatic carbocycles. The van der Waals surface area contributed by atoms with Gasteiger partial charge in [0.15, 0.2) is 0 Å². The minimum absolute atomic E-state index is 0.223. The van der Waals surface area contributed by atoms with E-state index in [4.69, 9.17) is 5.73 Å². The number of nitrogens with two attached hydrogens (primary N) is 1. The van der Waals surface area contributed by atoms with Gasteiger partial charge in [-0.1, -0.05) is 12.1 Å². The van der Waals surface area contributed by atoms with Crippen LogP contribution in [0.15, 0.2) is 24.4 Å². The number of nitrogen functional groups attached to an aromatic ring is 1. The Morgan fingerprint density at radius 3 is 3.00 bits per heavy atom. The molecule has 0 fully saturated rings. The van der Waals surface area contributed by atoms with Crippen molar-refractivity contribution in [2.75, 3.05) is 5.73 Å². The number of aromatic amines is 1. The molecule has 2 aromatic heterocycles. The molecule has 0 spiro atoms. The number of aromatic hydroxyl groups is 1. The molecule has 0 aliphatic rings. The van der Waals surface area contributed by atoms with E-state index in [-0.39, 0.29) is 11.7 Å². The lowest BCUT2D eigenvalue weighted by atomic mass is 10.2. The largest absolute Gasteiger partial charge is 0.506 e. The van der Waals surface area contributed by atoms with Gasteiger partial charge in [0.1, 0.15) is 10.8 Å². The molecule has 0 bridgehead atoms. The summed E-state index contributed by atoms with van der Waals surface area (Å²) in [5, 5.41) is 11.3. The van der Waals surface area contributed by atoms with Crippen molar-refractivity contribution in [1.82, 2.24) is 14.3 Å². The fourth-order valence-corrected chi connectivity index (χ4v) is 2.28. The summed E-state index contributed by atoms with van der Waals surface area (Å²) in [6.45, 7) is 0. The second-order valence-electron chi connectivity index (χ2n) is 3.36. The number of nitrogens with one attached hydrogen (secondary N) is 1. The first-order chi connectivity index (χ1) is 7.75. The molecule has 0 aliphatic carbocycles. The van der Waals surface area contributed by atoms with Gasteiger partial charge in [0.25, 0.3) is 0 Å². The number of phenolic OH excluding ortho intramolecular Hbond substituents is 1. The number of para-hydroxylation sites is 1. The van der Waals surface area contributed by atoms with Crippen molar-refractivity contribution >= 4 is 28.4 Å². The second kappa shape index (κ2) is 3.21. The van der Waals surface area contributed by atoms with E-state index in [0.29, 0.717) is 5.52 Å². The van der Waals surface area contributed by atoms with Crippen LogP contribution in [-0.4, -0.2) is 19.4 Å². The summed E-state index contributed by atoms with van der Waals surface area (Å²) >= 11 is 1.24. The highest BCUT2D eigenvalue weighted by Crippen LogP contribution is 2.33. The number of H-pyrrole nitrogens is 1. The Bertz CT molecular complexity index is 658. The molecule has 3 aromatic rings. The minimum atomic E-state index is 0.223. The van der Waals surface area contributed by atoms with Gasteiger partial charge in [-0.2, -0.15) is 9.36 Å². The average Bonchev–Trinajstić information content (AvgIpc) is 2.84. The van der Waals surface area contributed by atoms with Gasteiger partial charge < -0.3 is 15.8 Å². The van der Waals surface area contributed by atoms with Crippen LogP contribution in [0.3, 0.4) is 0 Å². The van der Waals surface area contributed by atoms with E-state index < -0.39 is 0 Å². The van der Waals surface area contributed by atoms with E-state index in [2.05, 4.69) is 14.3 Å². The Morgan fingerprint density at radius 2 is 2.25 bits per heavy atom. The van der Waals surface area contributed by atoms with Gasteiger partial charge in [-0.05, 0) is 17.6 Å². The highest BCUT2D eigenvalue weighted by atomic mass is 32.1. The number of rotatable bonds is 1. The molecule has 80 valence electrons. The highest BCUT2D eigenvalue weighted by molar-refractivity contribution is 7.09. The maximum Gasteiger partial charge on any atom is 0.232 e. The predicted octanol–water partition coefficient (Wildman–Crippen LogP) is 1.97. The van der Waals surface area contributed by atoms with Crippen molar-refractivity contribution in [3.05, 3.63) is 24.4 Å². The summed E-state index contributed by atoms with van der Waals surface area (Å²) in [6.07, 6.45) is 1.80. The molecule has 0 atom stereocenters. The third-order valence-electron chi connectivity index (χ3n) is 2.37. The maximum atomic E-state index is 9.65. The van der Waals surface area contributed by atoms with Crippen molar-refractivity contribution in [2.45, 2.75) is 0 Å². The molecule has 0 aliphatic heterocycles. The summed E-state index contributed by atoms with van der Waals surface area (Å²) < 4.78 is 3.93. The van der Waals surface area contributed by atoms with Crippen LogP contribution in [0.4, 0.5) is 5.95 Å². The molecule has 0 amide bonds. The monoisotopic (exact) mass is 232 g/mol. The van der Waals surface area contributed by atoms with E-state index in [1.54, 1.807) is 18.3 Å². The zero-order chi connectivity index (χ0) is 11.1. The molecule has 16 heavy (non-hydrogen) atoms. The van der Waals surface area contributed by atoms with Gasteiger partial charge in [-0.3, -0.25) is 0 Å². The Labute approximate surface area is 94.7 Å². The van der Waals surface area contributed by atoms with Crippen LogP contribution < -0.4 is 5.73 Å². The van der Waals surface area contributed by atoms with Crippen molar-refractivity contribution in [1.29, 1.82) is 0 Å². The van der Waals surface area contributed by atoms with Crippen molar-refractivity contribution in [3.63, 3.8) is 0 Å². The van der Waals surface area contributed by atoms with Crippen molar-refractivity contribution in [3.8, 4) is 16.3 Å². The summed E-state index contributed by atoms with van der Waals surface area (Å²) in [5.41, 5.74) is 7.09. The number of hydrogen-bond donors (Lipinski definition) is 3. The molecular formula is C10H8N4OS. The van der Waals surface area contributed by atoms with Crippen LogP contribution in [0.1, 0.15) is 0 Å². The summed E-state index contributed by atoms with van der Waals surface area (Å²) in [6, 6.07) is 5.34. The molecule has 0 saturated heterocycles. The third kappa shape index (κ3) is 1.24. The van der Waals surface area contributed by atoms with E-state index in [1.165, 1.54) is 11.5 Å². The Hall–Kier alpha value is -2.08. The van der Waals surface area contributed by atoms with Gasteiger partial charge in [0, 0.05) is 17.1 Å². The summed E-state index contributed by atoms with van der Waals surface area (Å²) in [4.78, 5) is 7.13. The first-order valence-electron chi connectivity index (χ1n) is 4.64. The molecule has 6 heteroatoms. The number of hydrogen-bond acceptors (Lipinski definition) is 5. The van der Waals surface area contributed by atoms with Crippen LogP contribution in [0.25, 0.3) is 21.5 Å². The SMILES string of the molecule is Nc1nsc(-c2c[nH]c3c(O)cccc23)n1. The normalized spacial score (nSPS) is 11.0. The Kier molecular flexibility index (Phi) is 1.84. The average molecular weight is 232 g/mol. The zero-order valence-electron chi connectivity index (χ0n) is 8.14. The number of fused-ring (bicyclic) bond motifs is 1. The number of anilines is 1. The van der Waals surface area contributed by atoms with Crippen LogP contribution in [0, 0.1) is 0 Å². The van der Waals surface area contributed by atoms with Crippen LogP contribution in [0.2, 0.25) is 0 Å². The fourth-order valence-electron chi connectivity index (χ4n) is 1.66. The third-order valence-corrected chi connectivity index (χ3v) is 3.13. The van der Waals surface area contributed by atoms with Crippen LogP contribution in [0.5, 0.6) is 5.75 Å². The lowest BCUT2D eigenvalue weighted by Crippen LogP contribution is -1.85. The topological polar surface area (TPSA) is 87.8 Å². The molecule has 0 saturated carbocycles. The van der Waals surface area contributed by atoms with Gasteiger partial charge in [0.05, 0.1) is 5.52 Å². The number of nitrogens with zero attached hydrogens (tertiary/aromatic N) is 2. The molecule has 0 unspecified atom stereocenters. The summed E-state index contributed by atoms with van der Waals surface area (Å²) in [7, 11) is 0. The first-order valence-corrected chi connectivity index (χ1v) is 5.41. The van der Waals surface area contributed by atoms with E-state index in [9.17, 15) is 5.11 Å². The number of phenols is 1. The van der Waals surface area contributed by atoms with Gasteiger partial charge in [0.2, 0.25) is 5.95 Å². The number of benzene rings is 1. The molecule has 5 nitrogen and oxygen atoms in total. The lowest BCUT2D eigenvalue weighted by Gasteiger charge is -1.95. The number of aromatic nitrogens is 3. The lowest BCUT2D eigenvalue weighted by molar-refractivity contribution is 0.480. The van der Waals surface area contributed by atoms with Crippen molar-refractivity contribution in [2.24, 2.45) is 0 Å². The highest BCUT2D eigenvalue weighted by Gasteiger charge is 2.11. The van der Waals surface area contributed by atoms with E-state index >= 15 is 0 Å². The molecule has 2 heterocycles. The quantitative estimate of drug-likeness (QED) is 0.598. The summed E-state index contributed by atoms with van der Waals surface area (Å²) in [5.74, 6) is 0.496. The Balaban J connectivity index is 2.29. The molecule has 4 N–H and O–H groups in total. The van der Waals surface area contributed by atoms with E-state index in [1.807, 2.05) is 6.07 Å². The van der Waals surface area contributed by atoms with Gasteiger partial charge >= 0.3 is 0 Å². The van der Waals surface area contributed by atoms with Gasteiger partial charge in [-0.25, -0.2) is 0 Å². The van der Waals surface area contributed by atoms with E-state index in [0.717, 1.165) is 16.0 Å². The minimum Gasteiger partial charge on any atom is -0.506 e. The molecule has 0 radical (unpaired) electrons. The smallest absolute Gasteiger partial charge is 0.232 e. The first kappa shape index (κ1) is 9.17. The van der Waals surface area contributed by atoms with Crippen LogP contribution >= 0.6 is 11.5 Å². The van der Waals surface area contributed by atoms with Crippen molar-refractivity contribution < 1.29 is 5.11 Å². The zero-order valence-corrected chi connectivity index (χ0v) is 8.95. The maximum absolute atomic E-state index is 9.65. The molecule has 3 rings (SSSR count).